The molecule has 1 aromatic rings. The molecule has 1 aromatic carbocycles. The molecule has 96 valence electrons. The van der Waals surface area contributed by atoms with Crippen molar-refractivity contribution in [2.45, 2.75) is 17.0 Å². The highest BCUT2D eigenvalue weighted by Crippen LogP contribution is 2.45. The Kier molecular flexibility index (Phi) is 4.74. The Hall–Kier alpha value is -0.400. The number of hydrogen-bond acceptors (Lipinski definition) is 2. The molecule has 9 heteroatoms. The van der Waals surface area contributed by atoms with Crippen LogP contribution in [0.5, 0.6) is 5.75 Å². The second kappa shape index (κ2) is 5.49. The minimum atomic E-state index is -4.66. The first-order chi connectivity index (χ1) is 7.69. The topological polar surface area (TPSA) is 9.23 Å². The number of hydrogen-bond donors (Lipinski definition) is 0. The van der Waals surface area contributed by atoms with Gasteiger partial charge < -0.3 is 4.74 Å². The van der Waals surface area contributed by atoms with Crippen LogP contribution >= 0.6 is 35.0 Å². The van der Waals surface area contributed by atoms with Gasteiger partial charge in [0, 0.05) is 5.02 Å². The molecule has 0 unspecified atom stereocenters. The fraction of sp³-hybridized carbons (Fsp3) is 0.250. The van der Waals surface area contributed by atoms with Crippen molar-refractivity contribution in [1.82, 2.24) is 0 Å². The summed E-state index contributed by atoms with van der Waals surface area (Å²) in [4.78, 5) is -0.615. The summed E-state index contributed by atoms with van der Waals surface area (Å²) < 4.78 is 64.4. The van der Waals surface area contributed by atoms with Crippen LogP contribution in [0.4, 0.5) is 22.0 Å². The Bertz CT molecular complexity index is 410. The third-order valence-corrected chi connectivity index (χ3v) is 2.66. The maximum Gasteiger partial charge on any atom is 0.446 e. The summed E-state index contributed by atoms with van der Waals surface area (Å²) in [6.07, 6.45) is 0. The van der Waals surface area contributed by atoms with Crippen molar-refractivity contribution in [1.29, 1.82) is 0 Å². The predicted molar refractivity (Wildman–Crippen MR) is 55.0 cm³/mol. The molecule has 0 saturated heterocycles. The third kappa shape index (κ3) is 4.77. The van der Waals surface area contributed by atoms with Gasteiger partial charge in [0.05, 0.1) is 9.92 Å². The number of halogens is 7. The van der Waals surface area contributed by atoms with E-state index in [2.05, 4.69) is 4.74 Å². The first-order valence-electron chi connectivity index (χ1n) is 3.88. The average Bonchev–Trinajstić information content (AvgIpc) is 2.07. The number of benzene rings is 1. The minimum Gasteiger partial charge on any atom is -0.432 e. The highest BCUT2D eigenvalue weighted by atomic mass is 35.5. The van der Waals surface area contributed by atoms with Crippen molar-refractivity contribution in [3.8, 4) is 5.75 Å². The van der Waals surface area contributed by atoms with E-state index in [4.69, 9.17) is 23.2 Å². The van der Waals surface area contributed by atoms with Gasteiger partial charge in [0.15, 0.2) is 5.75 Å². The highest BCUT2D eigenvalue weighted by molar-refractivity contribution is 8.00. The van der Waals surface area contributed by atoms with E-state index < -0.39 is 39.5 Å². The Morgan fingerprint density at radius 2 is 1.76 bits per heavy atom. The second-order valence-corrected chi connectivity index (χ2v) is 4.59. The quantitative estimate of drug-likeness (QED) is 0.560. The molecule has 0 radical (unpaired) electrons. The summed E-state index contributed by atoms with van der Waals surface area (Å²) in [5.74, 6) is -0.742. The highest BCUT2D eigenvalue weighted by Gasteiger charge is 2.32. The summed E-state index contributed by atoms with van der Waals surface area (Å²) in [7, 11) is 0. The van der Waals surface area contributed by atoms with E-state index in [0.717, 1.165) is 12.1 Å². The summed E-state index contributed by atoms with van der Waals surface area (Å²) in [6, 6.07) is 1.87. The molecule has 0 aliphatic carbocycles. The van der Waals surface area contributed by atoms with Gasteiger partial charge >= 0.3 is 12.1 Å². The van der Waals surface area contributed by atoms with Gasteiger partial charge in [-0.25, -0.2) is 0 Å². The van der Waals surface area contributed by atoms with Crippen LogP contribution in [0.25, 0.3) is 0 Å². The van der Waals surface area contributed by atoms with Gasteiger partial charge in [0.1, 0.15) is 0 Å². The van der Waals surface area contributed by atoms with Crippen molar-refractivity contribution in [3.63, 3.8) is 0 Å². The van der Waals surface area contributed by atoms with Crippen LogP contribution in [0.15, 0.2) is 17.0 Å². The molecule has 0 aliphatic rings. The van der Waals surface area contributed by atoms with E-state index in [-0.39, 0.29) is 5.02 Å². The monoisotopic (exact) mass is 312 g/mol. The van der Waals surface area contributed by atoms with Gasteiger partial charge in [0.25, 0.3) is 0 Å². The molecule has 0 heterocycles. The molecule has 0 fully saturated rings. The van der Waals surface area contributed by atoms with Gasteiger partial charge in [-0.3, -0.25) is 0 Å². The molecule has 0 N–H and O–H groups in total. The molecule has 17 heavy (non-hydrogen) atoms. The number of rotatable bonds is 3. The Labute approximate surface area is 107 Å². The zero-order valence-corrected chi connectivity index (χ0v) is 10.0. The molecular formula is C8H3Cl2F5OS. The molecule has 0 aromatic heterocycles. The first kappa shape index (κ1) is 14.7. The lowest BCUT2D eigenvalue weighted by molar-refractivity contribution is -0.0527. The molecule has 0 bridgehead atoms. The maximum atomic E-state index is 12.2. The predicted octanol–water partition coefficient (Wildman–Crippen LogP) is 5.21. The molecule has 0 amide bonds. The summed E-state index contributed by atoms with van der Waals surface area (Å²) >= 11 is 10.3. The molecule has 0 saturated carbocycles. The molecular weight excluding hydrogens is 310 g/mol. The Morgan fingerprint density at radius 1 is 1.18 bits per heavy atom. The van der Waals surface area contributed by atoms with Gasteiger partial charge in [-0.2, -0.15) is 22.0 Å². The maximum absolute atomic E-state index is 12.2. The smallest absolute Gasteiger partial charge is 0.432 e. The molecule has 0 spiro atoms. The Morgan fingerprint density at radius 3 is 2.24 bits per heavy atom. The number of thioether (sulfide) groups is 1. The summed E-state index contributed by atoms with van der Waals surface area (Å²) in [5.41, 5.74) is -4.66. The Balaban J connectivity index is 3.15. The third-order valence-electron chi connectivity index (χ3n) is 1.41. The largest absolute Gasteiger partial charge is 0.446 e. The number of ether oxygens (including phenoxy) is 1. The lowest BCUT2D eigenvalue weighted by Gasteiger charge is -2.13. The normalized spacial score (nSPS) is 12.0. The SMILES string of the molecule is FC(F)Oc1c(Cl)cc(Cl)cc1SC(F)(F)F. The first-order valence-corrected chi connectivity index (χ1v) is 5.46. The van der Waals surface area contributed by atoms with Gasteiger partial charge in [-0.1, -0.05) is 23.2 Å². The fourth-order valence-electron chi connectivity index (χ4n) is 0.941. The molecule has 0 aliphatic heterocycles. The van der Waals surface area contributed by atoms with Crippen LogP contribution in [0.2, 0.25) is 10.0 Å². The molecule has 0 atom stereocenters. The lowest BCUT2D eigenvalue weighted by atomic mass is 10.3. The van der Waals surface area contributed by atoms with E-state index in [1.165, 1.54) is 0 Å². The van der Waals surface area contributed by atoms with Crippen LogP contribution in [-0.2, 0) is 0 Å². The van der Waals surface area contributed by atoms with Crippen LogP contribution in [0, 0.1) is 0 Å². The van der Waals surface area contributed by atoms with Crippen LogP contribution in [0.1, 0.15) is 0 Å². The van der Waals surface area contributed by atoms with Crippen molar-refractivity contribution < 1.29 is 26.7 Å². The molecule has 1 nitrogen and oxygen atoms in total. The minimum absolute atomic E-state index is 0.108. The van der Waals surface area contributed by atoms with Crippen molar-refractivity contribution in [3.05, 3.63) is 22.2 Å². The average molecular weight is 313 g/mol. The van der Waals surface area contributed by atoms with E-state index >= 15 is 0 Å². The van der Waals surface area contributed by atoms with Crippen LogP contribution in [0.3, 0.4) is 0 Å². The second-order valence-electron chi connectivity index (χ2n) is 2.64. The lowest BCUT2D eigenvalue weighted by Crippen LogP contribution is -2.06. The van der Waals surface area contributed by atoms with Crippen molar-refractivity contribution in [2.75, 3.05) is 0 Å². The van der Waals surface area contributed by atoms with Crippen molar-refractivity contribution in [2.24, 2.45) is 0 Å². The van der Waals surface area contributed by atoms with E-state index in [1.807, 2.05) is 0 Å². The van der Waals surface area contributed by atoms with E-state index in [0.29, 0.717) is 0 Å². The van der Waals surface area contributed by atoms with Gasteiger partial charge in [-0.15, -0.1) is 0 Å². The zero-order valence-electron chi connectivity index (χ0n) is 7.69. The standard InChI is InChI=1S/C8H3Cl2F5OS/c9-3-1-4(10)6(16-7(11)12)5(2-3)17-8(13,14)15/h1-2,7H. The molecule has 1 rings (SSSR count). The zero-order chi connectivity index (χ0) is 13.2. The fourth-order valence-corrected chi connectivity index (χ4v) is 2.29. The van der Waals surface area contributed by atoms with Crippen molar-refractivity contribution >= 4 is 35.0 Å². The van der Waals surface area contributed by atoms with E-state index in [1.54, 1.807) is 0 Å². The summed E-state index contributed by atoms with van der Waals surface area (Å²) in [6.45, 7) is -3.28. The van der Waals surface area contributed by atoms with Crippen LogP contribution < -0.4 is 4.74 Å². The van der Waals surface area contributed by atoms with Gasteiger partial charge in [0.2, 0.25) is 0 Å². The summed E-state index contributed by atoms with van der Waals surface area (Å²) in [5, 5.41) is -0.520. The van der Waals surface area contributed by atoms with Crippen LogP contribution in [-0.4, -0.2) is 12.1 Å². The van der Waals surface area contributed by atoms with E-state index in [9.17, 15) is 22.0 Å². The number of alkyl halides is 5. The van der Waals surface area contributed by atoms with Gasteiger partial charge in [-0.05, 0) is 23.9 Å².